The van der Waals surface area contributed by atoms with Crippen LogP contribution in [0.25, 0.3) is 10.1 Å². The number of carbonyl (C=O) groups is 1. The molecule has 0 aliphatic carbocycles. The Kier molecular flexibility index (Phi) is 5.42. The number of aliphatic carboxylic acids is 1. The number of hydrogen-bond donors (Lipinski definition) is 1. The van der Waals surface area contributed by atoms with Gasteiger partial charge in [0.05, 0.1) is 6.04 Å². The maximum Gasteiger partial charge on any atom is 0.320 e. The molecule has 1 aliphatic rings. The maximum atomic E-state index is 12.0. The zero-order valence-corrected chi connectivity index (χ0v) is 16.9. The van der Waals surface area contributed by atoms with Gasteiger partial charge in [0.1, 0.15) is 6.04 Å². The van der Waals surface area contributed by atoms with Crippen molar-refractivity contribution in [1.82, 2.24) is 4.90 Å². The SMILES string of the molecule is O=C(O)C1CCCCN1C(c1ccc(Cl)cc1Cl)c1csc2ccccc12. The first-order valence-electron chi connectivity index (χ1n) is 8.96. The van der Waals surface area contributed by atoms with Gasteiger partial charge in [0.2, 0.25) is 0 Å². The molecular weight excluding hydrogens is 401 g/mol. The number of rotatable bonds is 4. The van der Waals surface area contributed by atoms with Gasteiger partial charge in [-0.05, 0) is 59.5 Å². The summed E-state index contributed by atoms with van der Waals surface area (Å²) in [5, 5.41) is 14.3. The lowest BCUT2D eigenvalue weighted by Crippen LogP contribution is -2.46. The average Bonchev–Trinajstić information content (AvgIpc) is 3.08. The van der Waals surface area contributed by atoms with Crippen LogP contribution in [0.3, 0.4) is 0 Å². The van der Waals surface area contributed by atoms with E-state index in [1.54, 1.807) is 17.4 Å². The third-order valence-electron chi connectivity index (χ3n) is 5.22. The first kappa shape index (κ1) is 18.8. The van der Waals surface area contributed by atoms with Gasteiger partial charge in [0, 0.05) is 14.7 Å². The Morgan fingerprint density at radius 3 is 2.74 bits per heavy atom. The van der Waals surface area contributed by atoms with Crippen molar-refractivity contribution in [2.24, 2.45) is 0 Å². The molecule has 2 aromatic carbocycles. The molecule has 27 heavy (non-hydrogen) atoms. The molecule has 2 unspecified atom stereocenters. The third-order valence-corrected chi connectivity index (χ3v) is 6.77. The molecule has 1 aromatic heterocycles. The predicted octanol–water partition coefficient (Wildman–Crippen LogP) is 6.24. The van der Waals surface area contributed by atoms with Crippen molar-refractivity contribution in [2.45, 2.75) is 31.3 Å². The molecule has 0 saturated carbocycles. The van der Waals surface area contributed by atoms with E-state index in [9.17, 15) is 9.90 Å². The summed E-state index contributed by atoms with van der Waals surface area (Å²) in [6.07, 6.45) is 2.56. The topological polar surface area (TPSA) is 40.5 Å². The van der Waals surface area contributed by atoms with E-state index in [0.717, 1.165) is 35.9 Å². The van der Waals surface area contributed by atoms with Crippen molar-refractivity contribution in [1.29, 1.82) is 0 Å². The highest BCUT2D eigenvalue weighted by molar-refractivity contribution is 7.17. The van der Waals surface area contributed by atoms with Crippen LogP contribution < -0.4 is 0 Å². The molecular formula is C21H19Cl2NO2S. The predicted molar refractivity (Wildman–Crippen MR) is 112 cm³/mol. The summed E-state index contributed by atoms with van der Waals surface area (Å²) in [5.74, 6) is -0.774. The van der Waals surface area contributed by atoms with Gasteiger partial charge < -0.3 is 5.11 Å². The van der Waals surface area contributed by atoms with Crippen molar-refractivity contribution in [3.05, 3.63) is 69.0 Å². The van der Waals surface area contributed by atoms with Crippen molar-refractivity contribution in [3.63, 3.8) is 0 Å². The highest BCUT2D eigenvalue weighted by Crippen LogP contribution is 2.42. The number of carboxylic acid groups (broad SMARTS) is 1. The van der Waals surface area contributed by atoms with Gasteiger partial charge in [0.15, 0.2) is 0 Å². The van der Waals surface area contributed by atoms with Crippen LogP contribution in [-0.4, -0.2) is 28.6 Å². The number of piperidine rings is 1. The molecule has 1 fully saturated rings. The van der Waals surface area contributed by atoms with Gasteiger partial charge in [-0.25, -0.2) is 0 Å². The molecule has 6 heteroatoms. The van der Waals surface area contributed by atoms with Crippen LogP contribution in [0.5, 0.6) is 0 Å². The number of likely N-dealkylation sites (tertiary alicyclic amines) is 1. The second-order valence-electron chi connectivity index (χ2n) is 6.84. The van der Waals surface area contributed by atoms with E-state index in [2.05, 4.69) is 22.4 Å². The minimum absolute atomic E-state index is 0.215. The fraction of sp³-hybridized carbons (Fsp3) is 0.286. The Labute approximate surface area is 172 Å². The third kappa shape index (κ3) is 3.59. The molecule has 1 aliphatic heterocycles. The Bertz CT molecular complexity index is 987. The van der Waals surface area contributed by atoms with Crippen LogP contribution >= 0.6 is 34.5 Å². The fourth-order valence-electron chi connectivity index (χ4n) is 3.99. The number of nitrogens with zero attached hydrogens (tertiary/aromatic N) is 1. The van der Waals surface area contributed by atoms with E-state index in [1.807, 2.05) is 24.3 Å². The number of thiophene rings is 1. The van der Waals surface area contributed by atoms with E-state index in [0.29, 0.717) is 16.5 Å². The van der Waals surface area contributed by atoms with Crippen molar-refractivity contribution in [3.8, 4) is 0 Å². The Morgan fingerprint density at radius 1 is 1.15 bits per heavy atom. The largest absolute Gasteiger partial charge is 0.480 e. The monoisotopic (exact) mass is 419 g/mol. The van der Waals surface area contributed by atoms with Gasteiger partial charge in [-0.3, -0.25) is 9.69 Å². The van der Waals surface area contributed by atoms with Gasteiger partial charge in [-0.2, -0.15) is 0 Å². The van der Waals surface area contributed by atoms with E-state index in [4.69, 9.17) is 23.2 Å². The van der Waals surface area contributed by atoms with Crippen LogP contribution in [0.4, 0.5) is 0 Å². The highest BCUT2D eigenvalue weighted by atomic mass is 35.5. The summed E-state index contributed by atoms with van der Waals surface area (Å²) in [6.45, 7) is 0.727. The summed E-state index contributed by atoms with van der Waals surface area (Å²) >= 11 is 14.4. The molecule has 2 heterocycles. The standard InChI is InChI=1S/C21H19Cl2NO2S/c22-13-8-9-15(17(23)11-13)20(24-10-4-3-6-18(24)21(25)26)16-12-27-19-7-2-1-5-14(16)19/h1-2,5,7-9,11-12,18,20H,3-4,6,10H2,(H,25,26). The Hall–Kier alpha value is -1.59. The number of fused-ring (bicyclic) bond motifs is 1. The minimum atomic E-state index is -0.774. The Morgan fingerprint density at radius 2 is 1.96 bits per heavy atom. The van der Waals surface area contributed by atoms with Gasteiger partial charge >= 0.3 is 5.97 Å². The van der Waals surface area contributed by atoms with Crippen LogP contribution in [0, 0.1) is 0 Å². The number of carboxylic acids is 1. The lowest BCUT2D eigenvalue weighted by molar-refractivity contribution is -0.145. The molecule has 0 spiro atoms. The molecule has 3 nitrogen and oxygen atoms in total. The molecule has 0 bridgehead atoms. The first-order valence-corrected chi connectivity index (χ1v) is 10.6. The van der Waals surface area contributed by atoms with Gasteiger partial charge in [-0.15, -0.1) is 11.3 Å². The number of halogens is 2. The quantitative estimate of drug-likeness (QED) is 0.544. The number of hydrogen-bond acceptors (Lipinski definition) is 3. The fourth-order valence-corrected chi connectivity index (χ4v) is 5.48. The summed E-state index contributed by atoms with van der Waals surface area (Å²) < 4.78 is 1.19. The molecule has 4 rings (SSSR count). The van der Waals surface area contributed by atoms with Crippen molar-refractivity contribution in [2.75, 3.05) is 6.54 Å². The van der Waals surface area contributed by atoms with Crippen LogP contribution in [0.1, 0.15) is 36.4 Å². The minimum Gasteiger partial charge on any atom is -0.480 e. The zero-order chi connectivity index (χ0) is 19.0. The second kappa shape index (κ2) is 7.80. The number of benzene rings is 2. The molecule has 1 saturated heterocycles. The van der Waals surface area contributed by atoms with Crippen molar-refractivity contribution >= 4 is 50.6 Å². The molecule has 1 N–H and O–H groups in total. The molecule has 0 amide bonds. The van der Waals surface area contributed by atoms with Crippen LogP contribution in [-0.2, 0) is 4.79 Å². The van der Waals surface area contributed by atoms with Crippen LogP contribution in [0.15, 0.2) is 47.8 Å². The lowest BCUT2D eigenvalue weighted by Gasteiger charge is -2.39. The molecule has 140 valence electrons. The summed E-state index contributed by atoms with van der Waals surface area (Å²) in [4.78, 5) is 14.1. The Balaban J connectivity index is 1.91. The molecule has 0 radical (unpaired) electrons. The van der Waals surface area contributed by atoms with Gasteiger partial charge in [0.25, 0.3) is 0 Å². The highest BCUT2D eigenvalue weighted by Gasteiger charge is 2.36. The van der Waals surface area contributed by atoms with E-state index >= 15 is 0 Å². The second-order valence-corrected chi connectivity index (χ2v) is 8.60. The summed E-state index contributed by atoms with van der Waals surface area (Å²) in [6, 6.07) is 13.0. The van der Waals surface area contributed by atoms with E-state index < -0.39 is 12.0 Å². The maximum absolute atomic E-state index is 12.0. The average molecular weight is 420 g/mol. The first-order chi connectivity index (χ1) is 13.1. The van der Waals surface area contributed by atoms with Crippen LogP contribution in [0.2, 0.25) is 10.0 Å². The lowest BCUT2D eigenvalue weighted by atomic mass is 9.91. The normalized spacial score (nSPS) is 19.3. The van der Waals surface area contributed by atoms with E-state index in [1.165, 1.54) is 4.70 Å². The molecule has 2 atom stereocenters. The van der Waals surface area contributed by atoms with E-state index in [-0.39, 0.29) is 6.04 Å². The summed E-state index contributed by atoms with van der Waals surface area (Å²) in [7, 11) is 0. The summed E-state index contributed by atoms with van der Waals surface area (Å²) in [5.41, 5.74) is 2.01. The van der Waals surface area contributed by atoms with Gasteiger partial charge in [-0.1, -0.05) is 53.9 Å². The molecule has 3 aromatic rings. The smallest absolute Gasteiger partial charge is 0.320 e. The van der Waals surface area contributed by atoms with Crippen molar-refractivity contribution < 1.29 is 9.90 Å². The zero-order valence-electron chi connectivity index (χ0n) is 14.6.